The molecule has 1 aromatic rings. The van der Waals surface area contributed by atoms with Gasteiger partial charge in [-0.15, -0.1) is 0 Å². The Morgan fingerprint density at radius 1 is 0.750 bits per heavy atom. The Labute approximate surface area is 170 Å². The van der Waals surface area contributed by atoms with E-state index in [9.17, 15) is 19.8 Å². The van der Waals surface area contributed by atoms with E-state index in [1.165, 1.54) is 12.1 Å². The largest absolute Gasteiger partial charge is 0.543 e. The molecular formula is C20H34O6Si2. The zero-order chi connectivity index (χ0) is 22.3. The third-order valence-corrected chi connectivity index (χ3v) is 14.6. The van der Waals surface area contributed by atoms with Gasteiger partial charge in [0.15, 0.2) is 0 Å². The second kappa shape index (κ2) is 7.55. The maximum absolute atomic E-state index is 12.1. The maximum Gasteiger partial charge on any atom is 0.343 e. The van der Waals surface area contributed by atoms with Gasteiger partial charge in [0.05, 0.1) is 5.56 Å². The van der Waals surface area contributed by atoms with Crippen molar-refractivity contribution in [3.63, 3.8) is 0 Å². The molecule has 0 amide bonds. The fourth-order valence-corrected chi connectivity index (χ4v) is 3.98. The quantitative estimate of drug-likeness (QED) is 0.554. The van der Waals surface area contributed by atoms with E-state index >= 15 is 0 Å². The Hall–Kier alpha value is -1.81. The predicted molar refractivity (Wildman–Crippen MR) is 116 cm³/mol. The third kappa shape index (κ3) is 5.17. The summed E-state index contributed by atoms with van der Waals surface area (Å²) in [6.45, 7) is 20.2. The van der Waals surface area contributed by atoms with Gasteiger partial charge in [-0.3, -0.25) is 0 Å². The number of hydrogen-bond acceptors (Lipinski definition) is 4. The second-order valence-corrected chi connectivity index (χ2v) is 19.6. The first-order valence-electron chi connectivity index (χ1n) is 9.33. The lowest BCUT2D eigenvalue weighted by Crippen LogP contribution is -2.45. The first-order chi connectivity index (χ1) is 12.3. The van der Waals surface area contributed by atoms with Crippen LogP contribution in [0.2, 0.25) is 36.3 Å². The van der Waals surface area contributed by atoms with Crippen LogP contribution in [0.25, 0.3) is 0 Å². The number of carboxylic acid groups (broad SMARTS) is 2. The molecule has 0 saturated heterocycles. The van der Waals surface area contributed by atoms with Gasteiger partial charge in [-0.05, 0) is 48.4 Å². The summed E-state index contributed by atoms with van der Waals surface area (Å²) in [5.41, 5.74) is -0.160. The number of benzene rings is 1. The molecule has 0 saturated carbocycles. The van der Waals surface area contributed by atoms with Crippen LogP contribution in [0.4, 0.5) is 0 Å². The molecule has 2 N–H and O–H groups in total. The molecule has 0 aliphatic heterocycles. The standard InChI is InChI=1S/C20H34O6Si2/c1-19(2,3)27(7,8)25-14-11-13(17(21)22)12-15(16(14)18(23)24)26-28(9,10)20(4,5)6/h11-12H,1-10H3,(H,21,22)(H,23,24). The third-order valence-electron chi connectivity index (χ3n) is 5.87. The molecule has 0 bridgehead atoms. The maximum atomic E-state index is 12.1. The summed E-state index contributed by atoms with van der Waals surface area (Å²) in [6.07, 6.45) is 0. The van der Waals surface area contributed by atoms with Crippen molar-refractivity contribution in [3.05, 3.63) is 23.3 Å². The van der Waals surface area contributed by atoms with Gasteiger partial charge in [-0.1, -0.05) is 41.5 Å². The normalized spacial score (nSPS) is 13.2. The first kappa shape index (κ1) is 24.2. The molecule has 0 unspecified atom stereocenters. The highest BCUT2D eigenvalue weighted by Crippen LogP contribution is 2.43. The van der Waals surface area contributed by atoms with E-state index in [2.05, 4.69) is 0 Å². The SMILES string of the molecule is CC(C)(C)[Si](C)(C)Oc1cc(C(=O)O)cc(O[Si](C)(C)C(C)(C)C)c1C(=O)O. The van der Waals surface area contributed by atoms with Gasteiger partial charge in [0.2, 0.25) is 0 Å². The molecule has 0 aliphatic carbocycles. The van der Waals surface area contributed by atoms with E-state index in [0.29, 0.717) is 0 Å². The average Bonchev–Trinajstić information content (AvgIpc) is 2.42. The monoisotopic (exact) mass is 426 g/mol. The van der Waals surface area contributed by atoms with Crippen LogP contribution in [0.3, 0.4) is 0 Å². The summed E-state index contributed by atoms with van der Waals surface area (Å²) in [7, 11) is -4.80. The number of carboxylic acids is 2. The molecule has 1 rings (SSSR count). The zero-order valence-electron chi connectivity index (χ0n) is 18.7. The molecule has 8 heteroatoms. The summed E-state index contributed by atoms with van der Waals surface area (Å²) in [6, 6.07) is 2.59. The van der Waals surface area contributed by atoms with Crippen LogP contribution in [0.15, 0.2) is 12.1 Å². The molecule has 0 aliphatic rings. The molecule has 0 aromatic heterocycles. The highest BCUT2D eigenvalue weighted by atomic mass is 28.4. The summed E-state index contributed by atoms with van der Waals surface area (Å²) >= 11 is 0. The van der Waals surface area contributed by atoms with Gasteiger partial charge in [0.1, 0.15) is 17.1 Å². The van der Waals surface area contributed by atoms with Crippen LogP contribution < -0.4 is 8.85 Å². The Bertz CT molecular complexity index is 721. The minimum absolute atomic E-state index is 0.0487. The molecule has 28 heavy (non-hydrogen) atoms. The van der Waals surface area contributed by atoms with E-state index in [-0.39, 0.29) is 32.7 Å². The van der Waals surface area contributed by atoms with E-state index in [1.54, 1.807) is 0 Å². The van der Waals surface area contributed by atoms with Crippen molar-refractivity contribution in [2.45, 2.75) is 77.8 Å². The van der Waals surface area contributed by atoms with Crippen LogP contribution in [0, 0.1) is 0 Å². The fourth-order valence-electron chi connectivity index (χ4n) is 1.94. The second-order valence-electron chi connectivity index (χ2n) is 10.2. The first-order valence-corrected chi connectivity index (χ1v) is 15.1. The fraction of sp³-hybridized carbons (Fsp3) is 0.600. The number of aromatic carboxylic acids is 2. The summed E-state index contributed by atoms with van der Waals surface area (Å²) in [5.74, 6) is -2.23. The van der Waals surface area contributed by atoms with Crippen LogP contribution >= 0.6 is 0 Å². The lowest BCUT2D eigenvalue weighted by molar-refractivity contribution is 0.0676. The smallest absolute Gasteiger partial charge is 0.343 e. The molecule has 158 valence electrons. The molecule has 1 aromatic carbocycles. The lowest BCUT2D eigenvalue weighted by atomic mass is 10.1. The molecule has 0 radical (unpaired) electrons. The molecule has 0 heterocycles. The van der Waals surface area contributed by atoms with Gasteiger partial charge in [0, 0.05) is 0 Å². The van der Waals surface area contributed by atoms with Gasteiger partial charge >= 0.3 is 11.9 Å². The van der Waals surface area contributed by atoms with Crippen molar-refractivity contribution in [2.24, 2.45) is 0 Å². The van der Waals surface area contributed by atoms with Gasteiger partial charge in [0.25, 0.3) is 16.6 Å². The van der Waals surface area contributed by atoms with Crippen molar-refractivity contribution in [2.75, 3.05) is 0 Å². The highest BCUT2D eigenvalue weighted by Gasteiger charge is 2.42. The van der Waals surface area contributed by atoms with Crippen LogP contribution in [0.1, 0.15) is 62.3 Å². The molecule has 6 nitrogen and oxygen atoms in total. The van der Waals surface area contributed by atoms with Crippen LogP contribution in [0.5, 0.6) is 11.5 Å². The summed E-state index contributed by atoms with van der Waals surface area (Å²) in [5, 5.41) is 19.1. The number of hydrogen-bond donors (Lipinski definition) is 2. The highest BCUT2D eigenvalue weighted by molar-refractivity contribution is 6.75. The minimum atomic E-state index is -2.40. The number of carbonyl (C=O) groups is 2. The van der Waals surface area contributed by atoms with Crippen molar-refractivity contribution in [1.82, 2.24) is 0 Å². The molecule has 0 atom stereocenters. The molecule has 0 fully saturated rings. The zero-order valence-corrected chi connectivity index (χ0v) is 20.7. The summed E-state index contributed by atoms with van der Waals surface area (Å²) in [4.78, 5) is 23.8. The van der Waals surface area contributed by atoms with Crippen molar-refractivity contribution in [3.8, 4) is 11.5 Å². The van der Waals surface area contributed by atoms with E-state index < -0.39 is 28.6 Å². The van der Waals surface area contributed by atoms with Crippen molar-refractivity contribution in [1.29, 1.82) is 0 Å². The van der Waals surface area contributed by atoms with Crippen LogP contribution in [-0.4, -0.2) is 38.8 Å². The van der Waals surface area contributed by atoms with Crippen molar-refractivity contribution >= 4 is 28.6 Å². The van der Waals surface area contributed by atoms with E-state index in [4.69, 9.17) is 8.85 Å². The van der Waals surface area contributed by atoms with Gasteiger partial charge in [-0.2, -0.15) is 0 Å². The van der Waals surface area contributed by atoms with Gasteiger partial charge in [-0.25, -0.2) is 9.59 Å². The number of rotatable bonds is 6. The molecular weight excluding hydrogens is 392 g/mol. The Morgan fingerprint density at radius 3 is 1.29 bits per heavy atom. The Morgan fingerprint density at radius 2 is 1.07 bits per heavy atom. The van der Waals surface area contributed by atoms with Crippen molar-refractivity contribution < 1.29 is 28.7 Å². The van der Waals surface area contributed by atoms with Gasteiger partial charge < -0.3 is 19.1 Å². The van der Waals surface area contributed by atoms with E-state index in [0.717, 1.165) is 0 Å². The Balaban J connectivity index is 3.71. The average molecular weight is 427 g/mol. The minimum Gasteiger partial charge on any atom is -0.543 e. The topological polar surface area (TPSA) is 93.1 Å². The van der Waals surface area contributed by atoms with E-state index in [1.807, 2.05) is 67.7 Å². The van der Waals surface area contributed by atoms with Crippen LogP contribution in [-0.2, 0) is 0 Å². The predicted octanol–water partition coefficient (Wildman–Crippen LogP) is 5.85. The molecule has 0 spiro atoms. The Kier molecular flexibility index (Phi) is 6.53. The summed E-state index contributed by atoms with van der Waals surface area (Å²) < 4.78 is 12.4. The lowest BCUT2D eigenvalue weighted by Gasteiger charge is -2.38.